The van der Waals surface area contributed by atoms with E-state index in [9.17, 15) is 8.42 Å². The van der Waals surface area contributed by atoms with Crippen molar-refractivity contribution in [2.75, 3.05) is 4.72 Å². The van der Waals surface area contributed by atoms with E-state index >= 15 is 0 Å². The van der Waals surface area contributed by atoms with E-state index in [4.69, 9.17) is 0 Å². The van der Waals surface area contributed by atoms with Crippen molar-refractivity contribution >= 4 is 21.8 Å². The summed E-state index contributed by atoms with van der Waals surface area (Å²) in [6.07, 6.45) is 1.59. The second-order valence-corrected chi connectivity index (χ2v) is 6.67. The van der Waals surface area contributed by atoms with E-state index in [0.29, 0.717) is 5.69 Å². The predicted molar refractivity (Wildman–Crippen MR) is 88.7 cm³/mol. The lowest BCUT2D eigenvalue weighted by Gasteiger charge is -2.09. The SMILES string of the molecule is Cc1ccc(/C=C/S(=O)(=O)Nc2cccc(C)c2C)cc1. The third-order valence-electron chi connectivity index (χ3n) is 3.37. The number of rotatable bonds is 4. The minimum absolute atomic E-state index is 0.614. The fraction of sp³-hybridized carbons (Fsp3) is 0.176. The molecule has 0 amide bonds. The number of nitrogens with one attached hydrogen (secondary N) is 1. The molecule has 0 aliphatic heterocycles. The summed E-state index contributed by atoms with van der Waals surface area (Å²) in [4.78, 5) is 0. The van der Waals surface area contributed by atoms with Gasteiger partial charge in [-0.15, -0.1) is 0 Å². The number of hydrogen-bond acceptors (Lipinski definition) is 2. The van der Waals surface area contributed by atoms with E-state index in [2.05, 4.69) is 4.72 Å². The minimum atomic E-state index is -3.51. The van der Waals surface area contributed by atoms with Crippen molar-refractivity contribution in [3.8, 4) is 0 Å². The number of benzene rings is 2. The molecule has 0 bridgehead atoms. The molecule has 110 valence electrons. The third kappa shape index (κ3) is 4.20. The largest absolute Gasteiger partial charge is 0.280 e. The van der Waals surface area contributed by atoms with E-state index < -0.39 is 10.0 Å². The van der Waals surface area contributed by atoms with Crippen LogP contribution in [0.5, 0.6) is 0 Å². The Morgan fingerprint density at radius 3 is 2.29 bits per heavy atom. The predicted octanol–water partition coefficient (Wildman–Crippen LogP) is 4.02. The molecule has 1 N–H and O–H groups in total. The summed E-state index contributed by atoms with van der Waals surface area (Å²) in [5.74, 6) is 0. The van der Waals surface area contributed by atoms with Crippen LogP contribution >= 0.6 is 0 Å². The molecule has 4 heteroatoms. The number of hydrogen-bond donors (Lipinski definition) is 1. The van der Waals surface area contributed by atoms with Gasteiger partial charge in [0.1, 0.15) is 0 Å². The first kappa shape index (κ1) is 15.3. The highest BCUT2D eigenvalue weighted by Crippen LogP contribution is 2.19. The summed E-state index contributed by atoms with van der Waals surface area (Å²) in [6, 6.07) is 13.2. The maximum atomic E-state index is 12.1. The van der Waals surface area contributed by atoms with Crippen LogP contribution < -0.4 is 4.72 Å². The van der Waals surface area contributed by atoms with Gasteiger partial charge in [0.2, 0.25) is 0 Å². The van der Waals surface area contributed by atoms with Crippen molar-refractivity contribution in [1.82, 2.24) is 0 Å². The summed E-state index contributed by atoms with van der Waals surface area (Å²) in [6.45, 7) is 5.85. The molecule has 21 heavy (non-hydrogen) atoms. The highest BCUT2D eigenvalue weighted by molar-refractivity contribution is 7.95. The van der Waals surface area contributed by atoms with Crippen LogP contribution in [0.1, 0.15) is 22.3 Å². The average molecular weight is 301 g/mol. The molecule has 2 aromatic carbocycles. The second kappa shape index (κ2) is 6.14. The molecule has 0 heterocycles. The van der Waals surface area contributed by atoms with Gasteiger partial charge in [-0.1, -0.05) is 42.0 Å². The van der Waals surface area contributed by atoms with Crippen molar-refractivity contribution in [1.29, 1.82) is 0 Å². The summed E-state index contributed by atoms with van der Waals surface area (Å²) in [5.41, 5.74) is 4.60. The fourth-order valence-corrected chi connectivity index (χ4v) is 2.83. The molecule has 0 spiro atoms. The van der Waals surface area contributed by atoms with Crippen molar-refractivity contribution in [3.05, 3.63) is 70.1 Å². The van der Waals surface area contributed by atoms with Crippen molar-refractivity contribution < 1.29 is 8.42 Å². The van der Waals surface area contributed by atoms with Crippen LogP contribution in [0.15, 0.2) is 47.9 Å². The first-order valence-corrected chi connectivity index (χ1v) is 8.26. The van der Waals surface area contributed by atoms with Gasteiger partial charge < -0.3 is 0 Å². The van der Waals surface area contributed by atoms with Gasteiger partial charge in [-0.2, -0.15) is 0 Å². The Hall–Kier alpha value is -2.07. The van der Waals surface area contributed by atoms with E-state index in [0.717, 1.165) is 22.3 Å². The molecule has 0 fully saturated rings. The zero-order valence-electron chi connectivity index (χ0n) is 12.4. The molecule has 0 aromatic heterocycles. The summed E-state index contributed by atoms with van der Waals surface area (Å²) >= 11 is 0. The zero-order chi connectivity index (χ0) is 15.5. The van der Waals surface area contributed by atoms with Crippen LogP contribution in [-0.4, -0.2) is 8.42 Å². The van der Waals surface area contributed by atoms with E-state index in [1.165, 1.54) is 5.41 Å². The number of aryl methyl sites for hydroxylation is 2. The second-order valence-electron chi connectivity index (χ2n) is 5.11. The zero-order valence-corrected chi connectivity index (χ0v) is 13.2. The average Bonchev–Trinajstić information content (AvgIpc) is 2.43. The topological polar surface area (TPSA) is 46.2 Å². The van der Waals surface area contributed by atoms with Crippen LogP contribution in [0.4, 0.5) is 5.69 Å². The highest BCUT2D eigenvalue weighted by Gasteiger charge is 2.08. The Morgan fingerprint density at radius 1 is 0.952 bits per heavy atom. The molecule has 0 unspecified atom stereocenters. The van der Waals surface area contributed by atoms with Crippen LogP contribution in [0.3, 0.4) is 0 Å². The number of sulfonamides is 1. The lowest BCUT2D eigenvalue weighted by Crippen LogP contribution is -2.10. The van der Waals surface area contributed by atoms with Crippen molar-refractivity contribution in [3.63, 3.8) is 0 Å². The maximum absolute atomic E-state index is 12.1. The van der Waals surface area contributed by atoms with E-state index in [1.54, 1.807) is 12.1 Å². The molecule has 0 saturated heterocycles. The molecule has 0 saturated carbocycles. The van der Waals surface area contributed by atoms with Crippen LogP contribution in [0.25, 0.3) is 6.08 Å². The van der Waals surface area contributed by atoms with Crippen molar-refractivity contribution in [2.24, 2.45) is 0 Å². The molecule has 0 aliphatic rings. The maximum Gasteiger partial charge on any atom is 0.255 e. The fourth-order valence-electron chi connectivity index (χ4n) is 1.89. The summed E-state index contributed by atoms with van der Waals surface area (Å²) in [7, 11) is -3.51. The Balaban J connectivity index is 2.19. The number of anilines is 1. The lowest BCUT2D eigenvalue weighted by molar-refractivity contribution is 0.609. The van der Waals surface area contributed by atoms with Crippen molar-refractivity contribution in [2.45, 2.75) is 20.8 Å². The quantitative estimate of drug-likeness (QED) is 0.927. The Bertz CT molecular complexity index is 760. The van der Waals surface area contributed by atoms with Crippen LogP contribution in [0.2, 0.25) is 0 Å². The molecule has 0 radical (unpaired) electrons. The van der Waals surface area contributed by atoms with E-state index in [1.807, 2.05) is 57.2 Å². The van der Waals surface area contributed by atoms with Gasteiger partial charge >= 0.3 is 0 Å². The van der Waals surface area contributed by atoms with Gasteiger partial charge in [0, 0.05) is 0 Å². The van der Waals surface area contributed by atoms with Gasteiger partial charge in [-0.25, -0.2) is 8.42 Å². The Labute approximate surface area is 126 Å². The van der Waals surface area contributed by atoms with Gasteiger partial charge in [0.15, 0.2) is 0 Å². The van der Waals surface area contributed by atoms with Gasteiger partial charge in [0.25, 0.3) is 10.0 Å². The lowest BCUT2D eigenvalue weighted by atomic mass is 10.1. The summed E-state index contributed by atoms with van der Waals surface area (Å²) < 4.78 is 26.8. The highest BCUT2D eigenvalue weighted by atomic mass is 32.2. The van der Waals surface area contributed by atoms with Gasteiger partial charge in [-0.05, 0) is 49.6 Å². The third-order valence-corrected chi connectivity index (χ3v) is 4.37. The summed E-state index contributed by atoms with van der Waals surface area (Å²) in [5, 5.41) is 1.19. The van der Waals surface area contributed by atoms with Gasteiger partial charge in [0.05, 0.1) is 11.1 Å². The molecular weight excluding hydrogens is 282 g/mol. The van der Waals surface area contributed by atoms with Crippen LogP contribution in [-0.2, 0) is 10.0 Å². The minimum Gasteiger partial charge on any atom is -0.280 e. The molecule has 0 aliphatic carbocycles. The first-order chi connectivity index (χ1) is 9.87. The van der Waals surface area contributed by atoms with E-state index in [-0.39, 0.29) is 0 Å². The molecule has 2 rings (SSSR count). The Kier molecular flexibility index (Phi) is 4.48. The molecule has 3 nitrogen and oxygen atoms in total. The first-order valence-electron chi connectivity index (χ1n) is 6.71. The van der Waals surface area contributed by atoms with Crippen LogP contribution in [0, 0.1) is 20.8 Å². The smallest absolute Gasteiger partial charge is 0.255 e. The molecule has 2 aromatic rings. The molecular formula is C17H19NO2S. The van der Waals surface area contributed by atoms with Gasteiger partial charge in [-0.3, -0.25) is 4.72 Å². The Morgan fingerprint density at radius 2 is 1.62 bits per heavy atom. The molecule has 0 atom stereocenters. The normalized spacial score (nSPS) is 11.8. The monoisotopic (exact) mass is 301 g/mol. The standard InChI is InChI=1S/C17H19NO2S/c1-13-7-9-16(10-8-13)11-12-21(19,20)18-17-6-4-5-14(2)15(17)3/h4-12,18H,1-3H3/b12-11+.